The number of carbonyl (C=O) groups excluding carboxylic acids is 1. The molecule has 3 atom stereocenters. The van der Waals surface area contributed by atoms with Crippen molar-refractivity contribution in [1.29, 1.82) is 0 Å². The molecule has 1 aromatic carbocycles. The maximum Gasteiger partial charge on any atom is 0.250 e. The predicted octanol–water partition coefficient (Wildman–Crippen LogP) is 2.99. The summed E-state index contributed by atoms with van der Waals surface area (Å²) < 4.78 is 0. The van der Waals surface area contributed by atoms with Gasteiger partial charge in [0.25, 0.3) is 5.91 Å². The fourth-order valence-electron chi connectivity index (χ4n) is 4.71. The number of amides is 1. The summed E-state index contributed by atoms with van der Waals surface area (Å²) in [5.74, 6) is 0.321. The van der Waals surface area contributed by atoms with Gasteiger partial charge in [-0.2, -0.15) is 0 Å². The molecule has 4 heteroatoms. The zero-order valence-electron chi connectivity index (χ0n) is 13.1. The van der Waals surface area contributed by atoms with E-state index < -0.39 is 5.91 Å². The van der Waals surface area contributed by atoms with E-state index in [0.29, 0.717) is 22.7 Å². The smallest absolute Gasteiger partial charge is 0.250 e. The summed E-state index contributed by atoms with van der Waals surface area (Å²) >= 11 is 0. The SMILES string of the molecule is CC12CCC(C1)C(C)(C)C2Nc1ccc(N)cc1C(N)=O. The molecule has 1 amide bonds. The van der Waals surface area contributed by atoms with Gasteiger partial charge in [0.2, 0.25) is 0 Å². The first kappa shape index (κ1) is 14.2. The Kier molecular flexibility index (Phi) is 2.98. The molecule has 0 radical (unpaired) electrons. The summed E-state index contributed by atoms with van der Waals surface area (Å²) in [5, 5.41) is 3.62. The van der Waals surface area contributed by atoms with Crippen LogP contribution in [0.15, 0.2) is 18.2 Å². The van der Waals surface area contributed by atoms with Gasteiger partial charge in [-0.3, -0.25) is 4.79 Å². The fourth-order valence-corrected chi connectivity index (χ4v) is 4.71. The van der Waals surface area contributed by atoms with Gasteiger partial charge in [-0.1, -0.05) is 20.8 Å². The lowest BCUT2D eigenvalue weighted by molar-refractivity contribution is 0.1000. The molecule has 3 rings (SSSR count). The van der Waals surface area contributed by atoms with Crippen LogP contribution in [0.3, 0.4) is 0 Å². The average Bonchev–Trinajstić information content (AvgIpc) is 2.87. The number of primary amides is 1. The van der Waals surface area contributed by atoms with Gasteiger partial charge in [0.1, 0.15) is 0 Å². The van der Waals surface area contributed by atoms with Crippen molar-refractivity contribution >= 4 is 17.3 Å². The number of hydrogen-bond donors (Lipinski definition) is 3. The largest absolute Gasteiger partial charge is 0.399 e. The number of fused-ring (bicyclic) bond motifs is 2. The highest BCUT2D eigenvalue weighted by atomic mass is 16.1. The molecule has 3 unspecified atom stereocenters. The van der Waals surface area contributed by atoms with E-state index in [0.717, 1.165) is 11.6 Å². The lowest BCUT2D eigenvalue weighted by Crippen LogP contribution is -2.46. The molecule has 2 aliphatic rings. The van der Waals surface area contributed by atoms with Crippen LogP contribution in [-0.2, 0) is 0 Å². The minimum atomic E-state index is -0.434. The lowest BCUT2D eigenvalue weighted by Gasteiger charge is -2.44. The van der Waals surface area contributed by atoms with E-state index in [9.17, 15) is 4.79 Å². The first-order chi connectivity index (χ1) is 9.74. The fraction of sp³-hybridized carbons (Fsp3) is 0.588. The summed E-state index contributed by atoms with van der Waals surface area (Å²) in [6.45, 7) is 7.03. The minimum absolute atomic E-state index is 0.225. The van der Waals surface area contributed by atoms with Gasteiger partial charge in [-0.15, -0.1) is 0 Å². The third-order valence-electron chi connectivity index (χ3n) is 5.88. The first-order valence-corrected chi connectivity index (χ1v) is 7.70. The standard InChI is InChI=1S/C17H25N3O/c1-16(2)10-6-7-17(3,9-10)15(16)20-13-5-4-11(18)8-12(13)14(19)21/h4-5,8,10,15,20H,6-7,9,18H2,1-3H3,(H2,19,21). The molecule has 2 fully saturated rings. The van der Waals surface area contributed by atoms with Crippen molar-refractivity contribution in [3.63, 3.8) is 0 Å². The highest BCUT2D eigenvalue weighted by Gasteiger charge is 2.59. The van der Waals surface area contributed by atoms with Gasteiger partial charge in [-0.25, -0.2) is 0 Å². The second kappa shape index (κ2) is 4.39. The summed E-state index contributed by atoms with van der Waals surface area (Å²) in [7, 11) is 0. The highest BCUT2D eigenvalue weighted by Crippen LogP contribution is 2.63. The summed E-state index contributed by atoms with van der Waals surface area (Å²) in [6, 6.07) is 5.70. The van der Waals surface area contributed by atoms with Crippen LogP contribution >= 0.6 is 0 Å². The average molecular weight is 287 g/mol. The van der Waals surface area contributed by atoms with E-state index in [-0.39, 0.29) is 5.41 Å². The topological polar surface area (TPSA) is 81.1 Å². The van der Waals surface area contributed by atoms with Gasteiger partial charge in [0.15, 0.2) is 0 Å². The molecule has 2 saturated carbocycles. The van der Waals surface area contributed by atoms with Gasteiger partial charge in [0.05, 0.1) is 5.56 Å². The van der Waals surface area contributed by atoms with Gasteiger partial charge in [-0.05, 0) is 54.2 Å². The molecule has 5 N–H and O–H groups in total. The van der Waals surface area contributed by atoms with Crippen molar-refractivity contribution in [2.45, 2.75) is 46.1 Å². The number of rotatable bonds is 3. The molecule has 2 bridgehead atoms. The molecule has 1 aromatic rings. The lowest BCUT2D eigenvalue weighted by atomic mass is 9.68. The Labute approximate surface area is 126 Å². The van der Waals surface area contributed by atoms with Crippen molar-refractivity contribution in [1.82, 2.24) is 0 Å². The molecule has 0 aliphatic heterocycles. The van der Waals surface area contributed by atoms with Gasteiger partial charge >= 0.3 is 0 Å². The molecule has 2 aliphatic carbocycles. The van der Waals surface area contributed by atoms with Crippen molar-refractivity contribution in [3.8, 4) is 0 Å². The van der Waals surface area contributed by atoms with E-state index in [1.165, 1.54) is 19.3 Å². The van der Waals surface area contributed by atoms with Crippen molar-refractivity contribution in [2.24, 2.45) is 22.5 Å². The van der Waals surface area contributed by atoms with Gasteiger partial charge < -0.3 is 16.8 Å². The van der Waals surface area contributed by atoms with Crippen LogP contribution in [0.1, 0.15) is 50.4 Å². The van der Waals surface area contributed by atoms with E-state index in [4.69, 9.17) is 11.5 Å². The van der Waals surface area contributed by atoms with E-state index in [2.05, 4.69) is 26.1 Å². The predicted molar refractivity (Wildman–Crippen MR) is 86.0 cm³/mol. The summed E-state index contributed by atoms with van der Waals surface area (Å²) in [5.41, 5.74) is 13.7. The molecule has 0 aromatic heterocycles. The summed E-state index contributed by atoms with van der Waals surface area (Å²) in [4.78, 5) is 11.7. The van der Waals surface area contributed by atoms with E-state index >= 15 is 0 Å². The Morgan fingerprint density at radius 1 is 1.33 bits per heavy atom. The highest BCUT2D eigenvalue weighted by molar-refractivity contribution is 5.99. The Bertz CT molecular complexity index is 591. The number of carbonyl (C=O) groups is 1. The number of benzene rings is 1. The van der Waals surface area contributed by atoms with Crippen molar-refractivity contribution in [2.75, 3.05) is 11.1 Å². The van der Waals surface area contributed by atoms with Crippen LogP contribution < -0.4 is 16.8 Å². The van der Waals surface area contributed by atoms with Crippen LogP contribution in [0.25, 0.3) is 0 Å². The molecule has 0 heterocycles. The molecule has 114 valence electrons. The van der Waals surface area contributed by atoms with Crippen LogP contribution in [0.2, 0.25) is 0 Å². The quantitative estimate of drug-likeness (QED) is 0.747. The maximum absolute atomic E-state index is 11.7. The Morgan fingerprint density at radius 2 is 2.05 bits per heavy atom. The number of nitrogens with one attached hydrogen (secondary N) is 1. The van der Waals surface area contributed by atoms with Crippen LogP contribution in [-0.4, -0.2) is 11.9 Å². The maximum atomic E-state index is 11.7. The Balaban J connectivity index is 1.96. The van der Waals surface area contributed by atoms with E-state index in [1.54, 1.807) is 6.07 Å². The number of nitrogens with two attached hydrogens (primary N) is 2. The monoisotopic (exact) mass is 287 g/mol. The van der Waals surface area contributed by atoms with Crippen molar-refractivity contribution < 1.29 is 4.79 Å². The number of anilines is 2. The first-order valence-electron chi connectivity index (χ1n) is 7.70. The van der Waals surface area contributed by atoms with Crippen LogP contribution in [0.4, 0.5) is 11.4 Å². The number of hydrogen-bond acceptors (Lipinski definition) is 3. The van der Waals surface area contributed by atoms with E-state index in [1.807, 2.05) is 12.1 Å². The second-order valence-electron chi connectivity index (χ2n) is 7.66. The van der Waals surface area contributed by atoms with Crippen molar-refractivity contribution in [3.05, 3.63) is 23.8 Å². The van der Waals surface area contributed by atoms with Gasteiger partial charge in [0, 0.05) is 17.4 Å². The van der Waals surface area contributed by atoms with Crippen LogP contribution in [0.5, 0.6) is 0 Å². The second-order valence-corrected chi connectivity index (χ2v) is 7.66. The zero-order valence-corrected chi connectivity index (χ0v) is 13.1. The molecular formula is C17H25N3O. The molecule has 4 nitrogen and oxygen atoms in total. The molecule has 0 saturated heterocycles. The molecular weight excluding hydrogens is 262 g/mol. The number of nitrogen functional groups attached to an aromatic ring is 1. The minimum Gasteiger partial charge on any atom is -0.399 e. The third kappa shape index (κ3) is 2.08. The molecule has 0 spiro atoms. The zero-order chi connectivity index (χ0) is 15.4. The molecule has 21 heavy (non-hydrogen) atoms. The Morgan fingerprint density at radius 3 is 2.62 bits per heavy atom. The Hall–Kier alpha value is -1.71. The normalized spacial score (nSPS) is 33.1. The summed E-state index contributed by atoms with van der Waals surface area (Å²) in [6.07, 6.45) is 3.82. The third-order valence-corrected chi connectivity index (χ3v) is 5.88. The van der Waals surface area contributed by atoms with Crippen LogP contribution in [0, 0.1) is 16.7 Å².